The van der Waals surface area contributed by atoms with Gasteiger partial charge in [0, 0.05) is 31.9 Å². The molecule has 0 aliphatic rings. The highest BCUT2D eigenvalue weighted by atomic mass is 32.2. The third kappa shape index (κ3) is 6.79. The quantitative estimate of drug-likeness (QED) is 0.166. The third-order valence-corrected chi connectivity index (χ3v) is 6.58. The fourth-order valence-corrected chi connectivity index (χ4v) is 5.00. The number of ether oxygens (including phenoxy) is 3. The molecule has 204 valence electrons. The molecule has 0 atom stereocenters. The molecule has 0 amide bonds. The molecule has 4 aromatic rings. The first-order valence-electron chi connectivity index (χ1n) is 11.9. The molecule has 0 heterocycles. The van der Waals surface area contributed by atoms with Gasteiger partial charge in [-0.2, -0.15) is 0 Å². The lowest BCUT2D eigenvalue weighted by atomic mass is 9.93. The van der Waals surface area contributed by atoms with Crippen LogP contribution in [0.4, 0.5) is 0 Å². The minimum atomic E-state index is -5.02. The maximum atomic E-state index is 12.7. The van der Waals surface area contributed by atoms with Gasteiger partial charge in [-0.25, -0.2) is 8.42 Å². The lowest BCUT2D eigenvalue weighted by molar-refractivity contribution is -0.132. The monoisotopic (exact) mass is 559 g/mol. The summed E-state index contributed by atoms with van der Waals surface area (Å²) in [7, 11) is -5.02. The Labute approximate surface area is 230 Å². The third-order valence-electron chi connectivity index (χ3n) is 5.64. The molecule has 0 aliphatic carbocycles. The predicted octanol–water partition coefficient (Wildman–Crippen LogP) is 5.37. The number of esters is 3. The first-order valence-corrected chi connectivity index (χ1v) is 13.3. The molecular formula is C30H23O9S-. The minimum Gasteiger partial charge on any atom is -0.744 e. The molecule has 4 rings (SSSR count). The van der Waals surface area contributed by atoms with Crippen molar-refractivity contribution >= 4 is 28.0 Å². The maximum absolute atomic E-state index is 12.7. The first kappa shape index (κ1) is 28.2. The SMILES string of the molecule is CC(=O)Oc1ccc(-c2cc(-c3ccc(OC(C)=O)cc3)c(S(=O)(=O)[O-])c(-c3ccc(OC(C)=O)cc3)c2)cc1. The molecule has 0 bridgehead atoms. The summed E-state index contributed by atoms with van der Waals surface area (Å²) in [5.41, 5.74) is 2.26. The van der Waals surface area contributed by atoms with Crippen LogP contribution in [0, 0.1) is 0 Å². The van der Waals surface area contributed by atoms with Crippen molar-refractivity contribution in [1.82, 2.24) is 0 Å². The molecule has 0 N–H and O–H groups in total. The van der Waals surface area contributed by atoms with Gasteiger partial charge in [-0.05, 0) is 70.8 Å². The number of benzene rings is 4. The molecule has 0 saturated carbocycles. The van der Waals surface area contributed by atoms with Crippen molar-refractivity contribution in [3.8, 4) is 50.6 Å². The summed E-state index contributed by atoms with van der Waals surface area (Å²) in [5.74, 6) is -0.680. The van der Waals surface area contributed by atoms with Crippen molar-refractivity contribution in [1.29, 1.82) is 0 Å². The fourth-order valence-electron chi connectivity index (χ4n) is 4.11. The molecule has 0 saturated heterocycles. The summed E-state index contributed by atoms with van der Waals surface area (Å²) < 4.78 is 53.3. The Hall–Kier alpha value is -4.80. The number of carbonyl (C=O) groups is 3. The van der Waals surface area contributed by atoms with Crippen molar-refractivity contribution in [3.05, 3.63) is 84.9 Å². The van der Waals surface area contributed by atoms with Gasteiger partial charge in [-0.3, -0.25) is 14.4 Å². The van der Waals surface area contributed by atoms with E-state index in [1.165, 1.54) is 45.0 Å². The van der Waals surface area contributed by atoms with Gasteiger partial charge in [-0.15, -0.1) is 0 Å². The molecule has 10 heteroatoms. The second-order valence-corrected chi connectivity index (χ2v) is 10.0. The second kappa shape index (κ2) is 11.5. The molecule has 0 aromatic heterocycles. The van der Waals surface area contributed by atoms with Gasteiger partial charge >= 0.3 is 17.9 Å². The van der Waals surface area contributed by atoms with Crippen LogP contribution in [0.15, 0.2) is 89.8 Å². The van der Waals surface area contributed by atoms with E-state index in [9.17, 15) is 27.4 Å². The summed E-state index contributed by atoms with van der Waals surface area (Å²) in [6.07, 6.45) is 0. The van der Waals surface area contributed by atoms with Gasteiger partial charge in [0.05, 0.1) is 4.90 Å². The number of rotatable bonds is 7. The van der Waals surface area contributed by atoms with Crippen LogP contribution in [0.1, 0.15) is 20.8 Å². The van der Waals surface area contributed by atoms with E-state index in [1.54, 1.807) is 60.7 Å². The Balaban J connectivity index is 1.95. The molecule has 40 heavy (non-hydrogen) atoms. The van der Waals surface area contributed by atoms with Crippen LogP contribution in [0.5, 0.6) is 17.2 Å². The van der Waals surface area contributed by atoms with Crippen molar-refractivity contribution in [2.75, 3.05) is 0 Å². The lowest BCUT2D eigenvalue weighted by Crippen LogP contribution is -2.05. The fraction of sp³-hybridized carbons (Fsp3) is 0.100. The Kier molecular flexibility index (Phi) is 8.13. The predicted molar refractivity (Wildman–Crippen MR) is 145 cm³/mol. The van der Waals surface area contributed by atoms with Gasteiger partial charge in [0.15, 0.2) is 0 Å². The van der Waals surface area contributed by atoms with Crippen LogP contribution < -0.4 is 14.2 Å². The molecule has 0 fully saturated rings. The van der Waals surface area contributed by atoms with Crippen molar-refractivity contribution in [2.45, 2.75) is 25.7 Å². The summed E-state index contributed by atoms with van der Waals surface area (Å²) in [6.45, 7) is 3.80. The molecule has 0 unspecified atom stereocenters. The van der Waals surface area contributed by atoms with Crippen molar-refractivity contribution in [2.24, 2.45) is 0 Å². The molecule has 0 radical (unpaired) electrons. The maximum Gasteiger partial charge on any atom is 0.308 e. The standard InChI is InChI=1S/C30H24O9S/c1-18(31)37-25-10-4-21(5-11-25)24-16-28(22-6-12-26(13-7-22)38-19(2)32)30(40(34,35)36)29(17-24)23-8-14-27(15-9-23)39-20(3)33/h4-17H,1-3H3,(H,34,35,36)/p-1. The Bertz CT molecular complexity index is 1610. The van der Waals surface area contributed by atoms with Crippen LogP contribution >= 0.6 is 0 Å². The summed E-state index contributed by atoms with van der Waals surface area (Å²) in [5, 5.41) is 0. The summed E-state index contributed by atoms with van der Waals surface area (Å²) in [4.78, 5) is 33.5. The van der Waals surface area contributed by atoms with Crippen molar-refractivity contribution < 1.29 is 41.6 Å². The van der Waals surface area contributed by atoms with Gasteiger partial charge in [0.1, 0.15) is 27.4 Å². The Morgan fingerprint density at radius 1 is 0.525 bits per heavy atom. The zero-order valence-electron chi connectivity index (χ0n) is 21.7. The average molecular weight is 560 g/mol. The topological polar surface area (TPSA) is 136 Å². The first-order chi connectivity index (χ1) is 18.9. The van der Waals surface area contributed by atoms with Gasteiger partial charge in [0.2, 0.25) is 0 Å². The van der Waals surface area contributed by atoms with Crippen LogP contribution in [0.25, 0.3) is 33.4 Å². The number of hydrogen-bond acceptors (Lipinski definition) is 9. The highest BCUT2D eigenvalue weighted by Crippen LogP contribution is 2.41. The summed E-state index contributed by atoms with van der Waals surface area (Å²) >= 11 is 0. The normalized spacial score (nSPS) is 11.0. The van der Waals surface area contributed by atoms with Crippen LogP contribution in [-0.2, 0) is 24.5 Å². The minimum absolute atomic E-state index is 0.130. The van der Waals surface area contributed by atoms with E-state index in [1.807, 2.05) is 0 Å². The van der Waals surface area contributed by atoms with Crippen LogP contribution in [-0.4, -0.2) is 30.9 Å². The molecule has 9 nitrogen and oxygen atoms in total. The van der Waals surface area contributed by atoms with E-state index in [0.717, 1.165) is 0 Å². The van der Waals surface area contributed by atoms with E-state index in [2.05, 4.69) is 0 Å². The van der Waals surface area contributed by atoms with E-state index >= 15 is 0 Å². The van der Waals surface area contributed by atoms with Gasteiger partial charge in [-0.1, -0.05) is 36.4 Å². The number of carbonyl (C=O) groups excluding carboxylic acids is 3. The van der Waals surface area contributed by atoms with Crippen LogP contribution in [0.2, 0.25) is 0 Å². The Morgan fingerprint density at radius 2 is 0.825 bits per heavy atom. The molecular weight excluding hydrogens is 536 g/mol. The highest BCUT2D eigenvalue weighted by molar-refractivity contribution is 7.86. The lowest BCUT2D eigenvalue weighted by Gasteiger charge is -2.21. The van der Waals surface area contributed by atoms with Gasteiger partial charge < -0.3 is 18.8 Å². The van der Waals surface area contributed by atoms with Gasteiger partial charge in [0.25, 0.3) is 0 Å². The zero-order chi connectivity index (χ0) is 29.0. The largest absolute Gasteiger partial charge is 0.744 e. The smallest absolute Gasteiger partial charge is 0.308 e. The molecule has 4 aromatic carbocycles. The molecule has 0 spiro atoms. The molecule has 0 aliphatic heterocycles. The summed E-state index contributed by atoms with van der Waals surface area (Å²) in [6, 6.07) is 21.9. The highest BCUT2D eigenvalue weighted by Gasteiger charge is 2.20. The van der Waals surface area contributed by atoms with E-state index in [-0.39, 0.29) is 22.6 Å². The zero-order valence-corrected chi connectivity index (χ0v) is 22.5. The van der Waals surface area contributed by atoms with E-state index in [4.69, 9.17) is 14.2 Å². The van der Waals surface area contributed by atoms with E-state index in [0.29, 0.717) is 28.0 Å². The second-order valence-electron chi connectivity index (χ2n) is 8.71. The Morgan fingerprint density at radius 3 is 1.10 bits per heavy atom. The number of hydrogen-bond donors (Lipinski definition) is 0. The van der Waals surface area contributed by atoms with Crippen LogP contribution in [0.3, 0.4) is 0 Å². The van der Waals surface area contributed by atoms with Crippen molar-refractivity contribution in [3.63, 3.8) is 0 Å². The van der Waals surface area contributed by atoms with E-state index < -0.39 is 32.9 Å². The average Bonchev–Trinajstić information content (AvgIpc) is 2.88.